The quantitative estimate of drug-likeness (QED) is 0.798. The molecule has 1 amide bonds. The van der Waals surface area contributed by atoms with Crippen molar-refractivity contribution in [2.75, 3.05) is 11.9 Å². The van der Waals surface area contributed by atoms with Crippen LogP contribution in [0.4, 0.5) is 5.69 Å². The number of benzene rings is 1. The molecule has 0 heterocycles. The number of aliphatic hydroxyl groups excluding tert-OH is 1. The van der Waals surface area contributed by atoms with Gasteiger partial charge >= 0.3 is 0 Å². The Labute approximate surface area is 107 Å². The first-order chi connectivity index (χ1) is 8.70. The third kappa shape index (κ3) is 3.35. The molecule has 0 spiro atoms. The number of nitrogens with one attached hydrogen (secondary N) is 1. The van der Waals surface area contributed by atoms with Crippen LogP contribution in [0.2, 0.25) is 0 Å². The van der Waals surface area contributed by atoms with Crippen LogP contribution in [0.1, 0.15) is 30.4 Å². The summed E-state index contributed by atoms with van der Waals surface area (Å²) in [5.74, 6) is 6.15. The number of aryl methyl sites for hydroxylation is 1. The summed E-state index contributed by atoms with van der Waals surface area (Å²) in [7, 11) is 0. The van der Waals surface area contributed by atoms with Crippen molar-refractivity contribution in [2.24, 2.45) is 5.92 Å². The highest BCUT2D eigenvalue weighted by Gasteiger charge is 2.29. The minimum Gasteiger partial charge on any atom is -0.395 e. The summed E-state index contributed by atoms with van der Waals surface area (Å²) in [6, 6.07) is 5.80. The molecule has 1 saturated carbocycles. The molecule has 18 heavy (non-hydrogen) atoms. The molecule has 0 aliphatic heterocycles. The van der Waals surface area contributed by atoms with Crippen LogP contribution in [-0.2, 0) is 4.79 Å². The van der Waals surface area contributed by atoms with Crippen LogP contribution in [0.15, 0.2) is 18.2 Å². The van der Waals surface area contributed by atoms with Crippen molar-refractivity contribution >= 4 is 11.6 Å². The van der Waals surface area contributed by atoms with E-state index in [0.29, 0.717) is 6.42 Å². The summed E-state index contributed by atoms with van der Waals surface area (Å²) in [6.07, 6.45) is 2.43. The van der Waals surface area contributed by atoms with Gasteiger partial charge in [-0.25, -0.2) is 0 Å². The Morgan fingerprint density at radius 3 is 2.94 bits per heavy atom. The van der Waals surface area contributed by atoms with Gasteiger partial charge in [-0.05, 0) is 37.5 Å². The van der Waals surface area contributed by atoms with Gasteiger partial charge in [-0.1, -0.05) is 17.9 Å². The summed E-state index contributed by atoms with van der Waals surface area (Å²) < 4.78 is 0. The van der Waals surface area contributed by atoms with E-state index in [0.717, 1.165) is 29.7 Å². The lowest BCUT2D eigenvalue weighted by Gasteiger charge is -2.07. The summed E-state index contributed by atoms with van der Waals surface area (Å²) >= 11 is 0. The molecule has 0 saturated heterocycles. The molecule has 0 unspecified atom stereocenters. The fourth-order valence-electron chi connectivity index (χ4n) is 1.66. The van der Waals surface area contributed by atoms with Gasteiger partial charge in [-0.2, -0.15) is 0 Å². The van der Waals surface area contributed by atoms with Gasteiger partial charge in [-0.15, -0.1) is 0 Å². The molecule has 0 bridgehead atoms. The number of carbonyl (C=O) groups is 1. The zero-order valence-electron chi connectivity index (χ0n) is 10.5. The average molecular weight is 243 g/mol. The van der Waals surface area contributed by atoms with Crippen LogP contribution in [0.3, 0.4) is 0 Å². The van der Waals surface area contributed by atoms with E-state index < -0.39 is 0 Å². The molecule has 3 nitrogen and oxygen atoms in total. The lowest BCUT2D eigenvalue weighted by atomic mass is 10.1. The maximum absolute atomic E-state index is 11.7. The minimum atomic E-state index is 0.0581. The highest BCUT2D eigenvalue weighted by atomic mass is 16.2. The Kier molecular flexibility index (Phi) is 4.01. The second-order valence-corrected chi connectivity index (χ2v) is 4.59. The Bertz CT molecular complexity index is 507. The normalized spacial score (nSPS) is 13.7. The molecule has 1 aromatic carbocycles. The van der Waals surface area contributed by atoms with Gasteiger partial charge in [0.25, 0.3) is 0 Å². The third-order valence-corrected chi connectivity index (χ3v) is 2.84. The number of hydrogen-bond donors (Lipinski definition) is 2. The summed E-state index contributed by atoms with van der Waals surface area (Å²) in [5, 5.41) is 11.6. The number of amides is 1. The Morgan fingerprint density at radius 2 is 2.28 bits per heavy atom. The zero-order chi connectivity index (χ0) is 13.0. The van der Waals surface area contributed by atoms with Crippen molar-refractivity contribution in [3.63, 3.8) is 0 Å². The molecule has 0 radical (unpaired) electrons. The third-order valence-electron chi connectivity index (χ3n) is 2.84. The van der Waals surface area contributed by atoms with Gasteiger partial charge in [0.1, 0.15) is 0 Å². The summed E-state index contributed by atoms with van der Waals surface area (Å²) in [5.41, 5.74) is 2.69. The highest BCUT2D eigenvalue weighted by Crippen LogP contribution is 2.30. The average Bonchev–Trinajstić information content (AvgIpc) is 3.16. The van der Waals surface area contributed by atoms with Gasteiger partial charge in [0.05, 0.1) is 12.3 Å². The van der Waals surface area contributed by atoms with Crippen molar-refractivity contribution in [3.8, 4) is 11.8 Å². The van der Waals surface area contributed by atoms with E-state index in [2.05, 4.69) is 17.2 Å². The molecule has 0 aromatic heterocycles. The molecule has 1 aliphatic carbocycles. The number of hydrogen-bond acceptors (Lipinski definition) is 2. The molecule has 94 valence electrons. The van der Waals surface area contributed by atoms with E-state index >= 15 is 0 Å². The second-order valence-electron chi connectivity index (χ2n) is 4.59. The van der Waals surface area contributed by atoms with Gasteiger partial charge in [0, 0.05) is 17.9 Å². The number of anilines is 1. The first-order valence-electron chi connectivity index (χ1n) is 6.22. The maximum atomic E-state index is 11.7. The lowest BCUT2D eigenvalue weighted by molar-refractivity contribution is -0.117. The summed E-state index contributed by atoms with van der Waals surface area (Å²) in [6.45, 7) is 2.05. The van der Waals surface area contributed by atoms with Gasteiger partial charge in [0.2, 0.25) is 5.91 Å². The Morgan fingerprint density at radius 1 is 1.50 bits per heavy atom. The minimum absolute atomic E-state index is 0.0581. The maximum Gasteiger partial charge on any atom is 0.227 e. The van der Waals surface area contributed by atoms with Crippen LogP contribution in [0.25, 0.3) is 0 Å². The van der Waals surface area contributed by atoms with Gasteiger partial charge < -0.3 is 10.4 Å². The van der Waals surface area contributed by atoms with Crippen molar-refractivity contribution < 1.29 is 9.90 Å². The fourth-order valence-corrected chi connectivity index (χ4v) is 1.66. The van der Waals surface area contributed by atoms with E-state index in [1.807, 2.05) is 25.1 Å². The van der Waals surface area contributed by atoms with Gasteiger partial charge in [-0.3, -0.25) is 4.79 Å². The standard InChI is InChI=1S/C15H17NO2/c1-11-5-8-14(16-15(18)12-6-7-12)13(10-11)4-2-3-9-17/h5,8,10,12,17H,3,6-7,9H2,1H3,(H,16,18). The SMILES string of the molecule is Cc1ccc(NC(=O)C2CC2)c(C#CCCO)c1. The molecular formula is C15H17NO2. The predicted molar refractivity (Wildman–Crippen MR) is 71.1 cm³/mol. The highest BCUT2D eigenvalue weighted by molar-refractivity contribution is 5.95. The van der Waals surface area contributed by atoms with Crippen LogP contribution >= 0.6 is 0 Å². The smallest absolute Gasteiger partial charge is 0.227 e. The molecule has 1 aromatic rings. The number of aliphatic hydroxyl groups is 1. The van der Waals surface area contributed by atoms with Crippen molar-refractivity contribution in [1.82, 2.24) is 0 Å². The van der Waals surface area contributed by atoms with Crippen LogP contribution in [0, 0.1) is 24.7 Å². The van der Waals surface area contributed by atoms with E-state index in [4.69, 9.17) is 5.11 Å². The van der Waals surface area contributed by atoms with Crippen LogP contribution < -0.4 is 5.32 Å². The zero-order valence-corrected chi connectivity index (χ0v) is 10.5. The molecule has 2 rings (SSSR count). The van der Waals surface area contributed by atoms with Gasteiger partial charge in [0.15, 0.2) is 0 Å². The number of carbonyl (C=O) groups excluding carboxylic acids is 1. The first kappa shape index (κ1) is 12.7. The molecule has 3 heteroatoms. The lowest BCUT2D eigenvalue weighted by Crippen LogP contribution is -2.14. The van der Waals surface area contributed by atoms with Crippen LogP contribution in [-0.4, -0.2) is 17.6 Å². The van der Waals surface area contributed by atoms with E-state index in [1.54, 1.807) is 0 Å². The summed E-state index contributed by atoms with van der Waals surface area (Å²) in [4.78, 5) is 11.7. The van der Waals surface area contributed by atoms with E-state index in [9.17, 15) is 4.79 Å². The second kappa shape index (κ2) is 5.70. The monoisotopic (exact) mass is 243 g/mol. The Balaban J connectivity index is 2.17. The topological polar surface area (TPSA) is 49.3 Å². The van der Waals surface area contributed by atoms with E-state index in [-0.39, 0.29) is 18.4 Å². The first-order valence-corrected chi connectivity index (χ1v) is 6.22. The molecule has 1 fully saturated rings. The Hall–Kier alpha value is -1.79. The number of rotatable bonds is 3. The molecular weight excluding hydrogens is 226 g/mol. The molecule has 1 aliphatic rings. The van der Waals surface area contributed by atoms with E-state index in [1.165, 1.54) is 0 Å². The van der Waals surface area contributed by atoms with Crippen molar-refractivity contribution in [2.45, 2.75) is 26.2 Å². The largest absolute Gasteiger partial charge is 0.395 e. The van der Waals surface area contributed by atoms with Crippen molar-refractivity contribution in [1.29, 1.82) is 0 Å². The fraction of sp³-hybridized carbons (Fsp3) is 0.400. The predicted octanol–water partition coefficient (Wildman–Crippen LogP) is 2.08. The van der Waals surface area contributed by atoms with Crippen molar-refractivity contribution in [3.05, 3.63) is 29.3 Å². The molecule has 2 N–H and O–H groups in total. The molecule has 0 atom stereocenters. The van der Waals surface area contributed by atoms with Crippen LogP contribution in [0.5, 0.6) is 0 Å².